The number of aromatic amines is 1. The highest BCUT2D eigenvalue weighted by Crippen LogP contribution is 2.25. The summed E-state index contributed by atoms with van der Waals surface area (Å²) in [6.07, 6.45) is 4.86. The second-order valence-corrected chi connectivity index (χ2v) is 3.69. The quantitative estimate of drug-likeness (QED) is 0.847. The predicted molar refractivity (Wildman–Crippen MR) is 64.9 cm³/mol. The normalized spacial score (nSPS) is 12.4. The molecular formula is C12H15FN4O. The third-order valence-electron chi connectivity index (χ3n) is 2.59. The average molecular weight is 250 g/mol. The summed E-state index contributed by atoms with van der Waals surface area (Å²) in [4.78, 5) is 11.0. The monoisotopic (exact) mass is 250 g/mol. The maximum Gasteiger partial charge on any atom is 0.250 e. The van der Waals surface area contributed by atoms with Crippen molar-refractivity contribution in [2.24, 2.45) is 0 Å². The summed E-state index contributed by atoms with van der Waals surface area (Å²) < 4.78 is 19.1. The number of nitrogens with zero attached hydrogens (tertiary/aromatic N) is 2. The number of rotatable bonds is 5. The van der Waals surface area contributed by atoms with Crippen LogP contribution in [0.5, 0.6) is 5.88 Å². The molecule has 96 valence electrons. The first-order valence-electron chi connectivity index (χ1n) is 5.69. The van der Waals surface area contributed by atoms with E-state index in [1.807, 2.05) is 6.92 Å². The molecule has 0 spiro atoms. The largest absolute Gasteiger partial charge is 0.479 e. The molecule has 2 aromatic rings. The van der Waals surface area contributed by atoms with Gasteiger partial charge in [-0.05, 0) is 12.6 Å². The molecule has 5 nitrogen and oxygen atoms in total. The maximum atomic E-state index is 14.2. The van der Waals surface area contributed by atoms with Gasteiger partial charge in [0.1, 0.15) is 5.82 Å². The zero-order valence-corrected chi connectivity index (χ0v) is 10.3. The minimum atomic E-state index is -0.470. The van der Waals surface area contributed by atoms with Crippen molar-refractivity contribution in [3.63, 3.8) is 0 Å². The van der Waals surface area contributed by atoms with Gasteiger partial charge < -0.3 is 15.0 Å². The van der Waals surface area contributed by atoms with Crippen LogP contribution in [0.2, 0.25) is 0 Å². The van der Waals surface area contributed by atoms with Crippen LogP contribution in [0.25, 0.3) is 0 Å². The van der Waals surface area contributed by atoms with Crippen molar-refractivity contribution in [1.82, 2.24) is 20.3 Å². The molecule has 0 aliphatic rings. The summed E-state index contributed by atoms with van der Waals surface area (Å²) in [5, 5.41) is 3.18. The van der Waals surface area contributed by atoms with Gasteiger partial charge in [-0.25, -0.2) is 14.4 Å². The average Bonchev–Trinajstić information content (AvgIpc) is 2.90. The van der Waals surface area contributed by atoms with Crippen LogP contribution in [-0.2, 0) is 0 Å². The van der Waals surface area contributed by atoms with Gasteiger partial charge in [0, 0.05) is 24.2 Å². The van der Waals surface area contributed by atoms with Crippen LogP contribution in [0, 0.1) is 5.82 Å². The molecule has 18 heavy (non-hydrogen) atoms. The molecule has 1 unspecified atom stereocenters. The summed E-state index contributed by atoms with van der Waals surface area (Å²) in [6, 6.07) is 1.27. The predicted octanol–water partition coefficient (Wildman–Crippen LogP) is 1.65. The summed E-state index contributed by atoms with van der Waals surface area (Å²) >= 11 is 0. The van der Waals surface area contributed by atoms with Gasteiger partial charge >= 0.3 is 0 Å². The van der Waals surface area contributed by atoms with Crippen molar-refractivity contribution in [1.29, 1.82) is 0 Å². The molecule has 0 radical (unpaired) electrons. The molecule has 1 atom stereocenters. The number of methoxy groups -OCH3 is 1. The Labute approximate surface area is 104 Å². The van der Waals surface area contributed by atoms with Crippen molar-refractivity contribution in [2.75, 3.05) is 13.7 Å². The van der Waals surface area contributed by atoms with Gasteiger partial charge in [-0.3, -0.25) is 0 Å². The third kappa shape index (κ3) is 2.33. The highest BCUT2D eigenvalue weighted by molar-refractivity contribution is 5.30. The van der Waals surface area contributed by atoms with Gasteiger partial charge in [-0.1, -0.05) is 6.92 Å². The Morgan fingerprint density at radius 1 is 1.44 bits per heavy atom. The van der Waals surface area contributed by atoms with Crippen LogP contribution in [-0.4, -0.2) is 28.6 Å². The van der Waals surface area contributed by atoms with E-state index in [-0.39, 0.29) is 11.9 Å². The molecule has 2 aromatic heterocycles. The van der Waals surface area contributed by atoms with Gasteiger partial charge in [0.25, 0.3) is 0 Å². The lowest BCUT2D eigenvalue weighted by Crippen LogP contribution is -2.24. The minimum Gasteiger partial charge on any atom is -0.479 e. The Morgan fingerprint density at radius 2 is 2.28 bits per heavy atom. The Kier molecular flexibility index (Phi) is 3.88. The molecule has 2 rings (SSSR count). The lowest BCUT2D eigenvalue weighted by Gasteiger charge is -2.17. The summed E-state index contributed by atoms with van der Waals surface area (Å²) in [5.41, 5.74) is 0.457. The molecule has 0 amide bonds. The fraction of sp³-hybridized carbons (Fsp3) is 0.333. The van der Waals surface area contributed by atoms with Crippen molar-refractivity contribution < 1.29 is 9.13 Å². The van der Waals surface area contributed by atoms with Gasteiger partial charge in [0.15, 0.2) is 5.82 Å². The second kappa shape index (κ2) is 5.59. The van der Waals surface area contributed by atoms with Crippen LogP contribution in [0.4, 0.5) is 4.39 Å². The number of halogens is 1. The first-order chi connectivity index (χ1) is 8.77. The standard InChI is InChI=1S/C12H15FN4O/c1-3-14-10(11-15-6-7-16-11)8-4-5-17-12(18-2)9(8)13/h4-7,10,14H,3H2,1-2H3,(H,15,16). The van der Waals surface area contributed by atoms with E-state index >= 15 is 0 Å². The van der Waals surface area contributed by atoms with E-state index in [0.29, 0.717) is 17.9 Å². The fourth-order valence-corrected chi connectivity index (χ4v) is 1.80. The lowest BCUT2D eigenvalue weighted by atomic mass is 10.1. The Morgan fingerprint density at radius 3 is 2.89 bits per heavy atom. The number of hydrogen-bond donors (Lipinski definition) is 2. The molecule has 0 aromatic carbocycles. The van der Waals surface area contributed by atoms with Crippen LogP contribution >= 0.6 is 0 Å². The minimum absolute atomic E-state index is 0.0121. The number of nitrogens with one attached hydrogen (secondary N) is 2. The van der Waals surface area contributed by atoms with Crippen LogP contribution in [0.15, 0.2) is 24.7 Å². The van der Waals surface area contributed by atoms with E-state index in [4.69, 9.17) is 4.74 Å². The van der Waals surface area contributed by atoms with E-state index in [0.717, 1.165) is 0 Å². The second-order valence-electron chi connectivity index (χ2n) is 3.69. The van der Waals surface area contributed by atoms with Crippen LogP contribution in [0.1, 0.15) is 24.4 Å². The Hall–Kier alpha value is -1.95. The summed E-state index contributed by atoms with van der Waals surface area (Å²) in [7, 11) is 1.39. The van der Waals surface area contributed by atoms with Crippen LogP contribution < -0.4 is 10.1 Å². The van der Waals surface area contributed by atoms with Crippen molar-refractivity contribution in [3.05, 3.63) is 41.9 Å². The van der Waals surface area contributed by atoms with Crippen molar-refractivity contribution in [3.8, 4) is 5.88 Å². The maximum absolute atomic E-state index is 14.2. The van der Waals surface area contributed by atoms with Gasteiger partial charge in [-0.2, -0.15) is 0 Å². The first-order valence-corrected chi connectivity index (χ1v) is 5.69. The number of imidazole rings is 1. The summed E-state index contributed by atoms with van der Waals surface area (Å²) in [6.45, 7) is 2.64. The molecule has 0 fully saturated rings. The zero-order valence-electron chi connectivity index (χ0n) is 10.3. The summed E-state index contributed by atoms with van der Waals surface area (Å²) in [5.74, 6) is 0.174. The number of pyridine rings is 1. The van der Waals surface area contributed by atoms with E-state index in [1.165, 1.54) is 13.3 Å². The smallest absolute Gasteiger partial charge is 0.250 e. The fourth-order valence-electron chi connectivity index (χ4n) is 1.80. The molecule has 2 N–H and O–H groups in total. The lowest BCUT2D eigenvalue weighted by molar-refractivity contribution is 0.364. The van der Waals surface area contributed by atoms with Gasteiger partial charge in [0.05, 0.1) is 13.2 Å². The van der Waals surface area contributed by atoms with Crippen molar-refractivity contribution in [2.45, 2.75) is 13.0 Å². The number of H-pyrrole nitrogens is 1. The number of hydrogen-bond acceptors (Lipinski definition) is 4. The molecule has 0 saturated heterocycles. The third-order valence-corrected chi connectivity index (χ3v) is 2.59. The van der Waals surface area contributed by atoms with E-state index in [9.17, 15) is 4.39 Å². The topological polar surface area (TPSA) is 62.8 Å². The van der Waals surface area contributed by atoms with Gasteiger partial charge in [0.2, 0.25) is 5.88 Å². The molecule has 0 bridgehead atoms. The van der Waals surface area contributed by atoms with E-state index in [2.05, 4.69) is 20.3 Å². The molecule has 2 heterocycles. The van der Waals surface area contributed by atoms with E-state index < -0.39 is 5.82 Å². The zero-order chi connectivity index (χ0) is 13.0. The molecule has 0 saturated carbocycles. The molecule has 0 aliphatic carbocycles. The Bertz CT molecular complexity index is 501. The van der Waals surface area contributed by atoms with Gasteiger partial charge in [-0.15, -0.1) is 0 Å². The first kappa shape index (κ1) is 12.5. The highest BCUT2D eigenvalue weighted by atomic mass is 19.1. The Balaban J connectivity index is 2.43. The highest BCUT2D eigenvalue weighted by Gasteiger charge is 2.21. The number of ether oxygens (including phenoxy) is 1. The van der Waals surface area contributed by atoms with Crippen molar-refractivity contribution >= 4 is 0 Å². The SMILES string of the molecule is CCNC(c1ncc[nH]1)c1ccnc(OC)c1F. The number of aromatic nitrogens is 3. The molecular weight excluding hydrogens is 235 g/mol. The van der Waals surface area contributed by atoms with Crippen LogP contribution in [0.3, 0.4) is 0 Å². The molecule has 6 heteroatoms. The van der Waals surface area contributed by atoms with E-state index in [1.54, 1.807) is 18.5 Å². The molecule has 0 aliphatic heterocycles.